The van der Waals surface area contributed by atoms with E-state index in [0.29, 0.717) is 11.6 Å². The van der Waals surface area contributed by atoms with Crippen molar-refractivity contribution in [2.24, 2.45) is 0 Å². The number of carbonyl (C=O) groups is 1. The summed E-state index contributed by atoms with van der Waals surface area (Å²) in [6.45, 7) is 2.63. The molecule has 0 fully saturated rings. The molecule has 1 heterocycles. The van der Waals surface area contributed by atoms with E-state index >= 15 is 0 Å². The van der Waals surface area contributed by atoms with E-state index in [2.05, 4.69) is 5.32 Å². The third-order valence-electron chi connectivity index (χ3n) is 2.71. The molecule has 0 radical (unpaired) electrons. The highest BCUT2D eigenvalue weighted by Gasteiger charge is 2.35. The predicted molar refractivity (Wildman–Crippen MR) is 61.3 cm³/mol. The molecule has 0 aromatic heterocycles. The van der Waals surface area contributed by atoms with E-state index in [0.717, 1.165) is 11.3 Å². The minimum atomic E-state index is -0.225. The van der Waals surface area contributed by atoms with E-state index in [1.807, 2.05) is 25.1 Å². The summed E-state index contributed by atoms with van der Waals surface area (Å²) in [4.78, 5) is 13.7. The molecule has 3 nitrogen and oxygen atoms in total. The van der Waals surface area contributed by atoms with E-state index in [-0.39, 0.29) is 11.9 Å². The minimum absolute atomic E-state index is 0.0947. The molecule has 1 aromatic rings. The number of likely N-dealkylation sites (N-methyl/N-ethyl adjacent to an activating group) is 2. The van der Waals surface area contributed by atoms with Crippen molar-refractivity contribution in [3.05, 3.63) is 28.8 Å². The number of nitrogens with one attached hydrogen (secondary N) is 1. The van der Waals surface area contributed by atoms with Gasteiger partial charge in [-0.2, -0.15) is 0 Å². The Morgan fingerprint density at radius 1 is 1.53 bits per heavy atom. The van der Waals surface area contributed by atoms with Gasteiger partial charge in [0.1, 0.15) is 6.04 Å². The molecular weight excluding hydrogens is 212 g/mol. The van der Waals surface area contributed by atoms with Crippen LogP contribution in [-0.4, -0.2) is 19.5 Å². The van der Waals surface area contributed by atoms with Gasteiger partial charge in [-0.3, -0.25) is 4.79 Å². The Balaban J connectivity index is 2.53. The molecule has 80 valence electrons. The Hall–Kier alpha value is -1.06. The summed E-state index contributed by atoms with van der Waals surface area (Å²) < 4.78 is 0. The number of nitrogens with zero attached hydrogens (tertiary/aromatic N) is 1. The lowest BCUT2D eigenvalue weighted by Gasteiger charge is -2.14. The molecule has 1 aromatic carbocycles. The second-order valence-electron chi connectivity index (χ2n) is 3.51. The fourth-order valence-corrected chi connectivity index (χ4v) is 2.17. The molecule has 1 amide bonds. The van der Waals surface area contributed by atoms with Crippen LogP contribution in [0.15, 0.2) is 18.2 Å². The summed E-state index contributed by atoms with van der Waals surface area (Å²) in [5, 5.41) is 3.68. The minimum Gasteiger partial charge on any atom is -0.311 e. The summed E-state index contributed by atoms with van der Waals surface area (Å²) in [5.74, 6) is 0.0947. The number of benzene rings is 1. The molecule has 1 aliphatic heterocycles. The molecule has 1 N–H and O–H groups in total. The van der Waals surface area contributed by atoms with Crippen LogP contribution < -0.4 is 10.2 Å². The molecule has 1 aliphatic rings. The van der Waals surface area contributed by atoms with Gasteiger partial charge in [-0.25, -0.2) is 0 Å². The van der Waals surface area contributed by atoms with Gasteiger partial charge in [0.2, 0.25) is 5.91 Å². The first-order chi connectivity index (χ1) is 7.19. The van der Waals surface area contributed by atoms with Gasteiger partial charge in [-0.1, -0.05) is 17.7 Å². The fourth-order valence-electron chi connectivity index (χ4n) is 2.01. The molecule has 0 saturated carbocycles. The van der Waals surface area contributed by atoms with Crippen LogP contribution in [0.4, 0.5) is 5.69 Å². The summed E-state index contributed by atoms with van der Waals surface area (Å²) in [7, 11) is 1.79. The standard InChI is InChI=1S/C11H13ClN2O/c1-3-14-9-6-7(12)4-5-8(9)10(13-2)11(14)15/h4-6,10,13H,3H2,1-2H3. The average Bonchev–Trinajstić information content (AvgIpc) is 2.48. The predicted octanol–water partition coefficient (Wildman–Crippen LogP) is 1.97. The van der Waals surface area contributed by atoms with E-state index in [1.54, 1.807) is 11.9 Å². The highest BCUT2D eigenvalue weighted by atomic mass is 35.5. The molecule has 0 bridgehead atoms. The van der Waals surface area contributed by atoms with Crippen LogP contribution in [0.5, 0.6) is 0 Å². The van der Waals surface area contributed by atoms with Gasteiger partial charge in [0.25, 0.3) is 0 Å². The number of hydrogen-bond donors (Lipinski definition) is 1. The van der Waals surface area contributed by atoms with Crippen molar-refractivity contribution in [1.82, 2.24) is 5.32 Å². The summed E-state index contributed by atoms with van der Waals surface area (Å²) in [5.41, 5.74) is 1.93. The van der Waals surface area contributed by atoms with E-state index in [9.17, 15) is 4.79 Å². The van der Waals surface area contributed by atoms with Crippen molar-refractivity contribution in [1.29, 1.82) is 0 Å². The molecular formula is C11H13ClN2O. The quantitative estimate of drug-likeness (QED) is 0.833. The maximum absolute atomic E-state index is 12.0. The number of rotatable bonds is 2. The van der Waals surface area contributed by atoms with E-state index in [4.69, 9.17) is 11.6 Å². The van der Waals surface area contributed by atoms with Crippen LogP contribution in [0.1, 0.15) is 18.5 Å². The normalized spacial score (nSPS) is 19.5. The smallest absolute Gasteiger partial charge is 0.248 e. The van der Waals surface area contributed by atoms with Crippen molar-refractivity contribution in [3.8, 4) is 0 Å². The first-order valence-corrected chi connectivity index (χ1v) is 5.35. The maximum atomic E-state index is 12.0. The number of hydrogen-bond acceptors (Lipinski definition) is 2. The first-order valence-electron chi connectivity index (χ1n) is 4.97. The largest absolute Gasteiger partial charge is 0.311 e. The number of fused-ring (bicyclic) bond motifs is 1. The van der Waals surface area contributed by atoms with Crippen LogP contribution in [0.3, 0.4) is 0 Å². The van der Waals surface area contributed by atoms with Crippen LogP contribution in [0, 0.1) is 0 Å². The summed E-state index contributed by atoms with van der Waals surface area (Å²) >= 11 is 5.93. The lowest BCUT2D eigenvalue weighted by Crippen LogP contribution is -2.32. The zero-order chi connectivity index (χ0) is 11.0. The Kier molecular flexibility index (Phi) is 2.67. The summed E-state index contributed by atoms with van der Waals surface area (Å²) in [6, 6.07) is 5.34. The van der Waals surface area contributed by atoms with Crippen molar-refractivity contribution in [3.63, 3.8) is 0 Å². The number of halogens is 1. The number of carbonyl (C=O) groups excluding carboxylic acids is 1. The van der Waals surface area contributed by atoms with Gasteiger partial charge in [0.15, 0.2) is 0 Å². The number of anilines is 1. The third kappa shape index (κ3) is 1.52. The molecule has 0 saturated heterocycles. The fraction of sp³-hybridized carbons (Fsp3) is 0.364. The Bertz CT molecular complexity index is 406. The Morgan fingerprint density at radius 2 is 2.27 bits per heavy atom. The van der Waals surface area contributed by atoms with Crippen LogP contribution in [0.2, 0.25) is 5.02 Å². The van der Waals surface area contributed by atoms with Crippen molar-refractivity contribution in [2.75, 3.05) is 18.5 Å². The van der Waals surface area contributed by atoms with Crippen molar-refractivity contribution in [2.45, 2.75) is 13.0 Å². The second-order valence-corrected chi connectivity index (χ2v) is 3.94. The second kappa shape index (κ2) is 3.83. The zero-order valence-corrected chi connectivity index (χ0v) is 9.51. The van der Waals surface area contributed by atoms with Crippen LogP contribution in [0.25, 0.3) is 0 Å². The highest BCUT2D eigenvalue weighted by Crippen LogP contribution is 2.37. The van der Waals surface area contributed by atoms with Gasteiger partial charge in [-0.15, -0.1) is 0 Å². The highest BCUT2D eigenvalue weighted by molar-refractivity contribution is 6.31. The monoisotopic (exact) mass is 224 g/mol. The molecule has 15 heavy (non-hydrogen) atoms. The molecule has 4 heteroatoms. The Labute approximate surface area is 94.0 Å². The van der Waals surface area contributed by atoms with Gasteiger partial charge < -0.3 is 10.2 Å². The van der Waals surface area contributed by atoms with Gasteiger partial charge >= 0.3 is 0 Å². The lowest BCUT2D eigenvalue weighted by molar-refractivity contribution is -0.119. The number of amides is 1. The maximum Gasteiger partial charge on any atom is 0.248 e. The average molecular weight is 225 g/mol. The topological polar surface area (TPSA) is 32.3 Å². The van der Waals surface area contributed by atoms with E-state index in [1.165, 1.54) is 0 Å². The lowest BCUT2D eigenvalue weighted by atomic mass is 10.1. The molecule has 1 unspecified atom stereocenters. The van der Waals surface area contributed by atoms with Gasteiger partial charge in [0, 0.05) is 17.1 Å². The van der Waals surface area contributed by atoms with Crippen molar-refractivity contribution >= 4 is 23.2 Å². The van der Waals surface area contributed by atoms with Crippen molar-refractivity contribution < 1.29 is 4.79 Å². The SMILES string of the molecule is CCN1C(=O)C(NC)c2ccc(Cl)cc21. The molecule has 1 atom stereocenters. The third-order valence-corrected chi connectivity index (χ3v) is 2.95. The van der Waals surface area contributed by atoms with Gasteiger partial charge in [0.05, 0.1) is 5.69 Å². The Morgan fingerprint density at radius 3 is 2.87 bits per heavy atom. The van der Waals surface area contributed by atoms with Crippen LogP contribution in [-0.2, 0) is 4.79 Å². The van der Waals surface area contributed by atoms with Gasteiger partial charge in [-0.05, 0) is 26.1 Å². The van der Waals surface area contributed by atoms with E-state index < -0.39 is 0 Å². The molecule has 0 aliphatic carbocycles. The zero-order valence-electron chi connectivity index (χ0n) is 8.75. The first kappa shape index (κ1) is 10.5. The molecule has 0 spiro atoms. The van der Waals surface area contributed by atoms with Crippen LogP contribution >= 0.6 is 11.6 Å². The molecule has 2 rings (SSSR count). The summed E-state index contributed by atoms with van der Waals surface area (Å²) in [6.07, 6.45) is 0.